The van der Waals surface area contributed by atoms with Crippen molar-refractivity contribution in [1.29, 1.82) is 0 Å². The molecule has 0 aliphatic rings. The monoisotopic (exact) mass is 408 g/mol. The molecule has 0 aliphatic carbocycles. The smallest absolute Gasteiger partial charge is 0.306 e. The maximum absolute atomic E-state index is 12.1. The fourth-order valence-corrected chi connectivity index (χ4v) is 3.96. The molecular formula is C22H17ClN2O2S. The molecule has 4 aromatic rings. The number of aryl methyl sites for hydroxylation is 1. The molecule has 28 heavy (non-hydrogen) atoms. The molecule has 0 radical (unpaired) electrons. The highest BCUT2D eigenvalue weighted by molar-refractivity contribution is 7.13. The molecule has 2 heterocycles. The van der Waals surface area contributed by atoms with Crippen LogP contribution in [0, 0.1) is 0 Å². The summed E-state index contributed by atoms with van der Waals surface area (Å²) >= 11 is 7.69. The van der Waals surface area contributed by atoms with Crippen molar-refractivity contribution in [1.82, 2.24) is 9.97 Å². The van der Waals surface area contributed by atoms with Crippen molar-refractivity contribution in [3.8, 4) is 10.6 Å². The summed E-state index contributed by atoms with van der Waals surface area (Å²) < 4.78 is 5.36. The minimum Gasteiger partial charge on any atom is -0.459 e. The van der Waals surface area contributed by atoms with Gasteiger partial charge in [0.1, 0.15) is 11.6 Å². The molecule has 4 nitrogen and oxygen atoms in total. The van der Waals surface area contributed by atoms with Crippen molar-refractivity contribution in [2.75, 3.05) is 0 Å². The highest BCUT2D eigenvalue weighted by Gasteiger charge is 2.10. The summed E-state index contributed by atoms with van der Waals surface area (Å²) in [6.45, 7) is 0.158. The average molecular weight is 409 g/mol. The van der Waals surface area contributed by atoms with Gasteiger partial charge in [-0.25, -0.2) is 4.98 Å². The highest BCUT2D eigenvalue weighted by Crippen LogP contribution is 2.30. The number of carbonyl (C=O) groups excluding carboxylic acids is 1. The van der Waals surface area contributed by atoms with Gasteiger partial charge in [-0.1, -0.05) is 54.1 Å². The number of halogens is 1. The topological polar surface area (TPSA) is 52.1 Å². The molecule has 0 bridgehead atoms. The Hall–Kier alpha value is -2.76. The summed E-state index contributed by atoms with van der Waals surface area (Å²) in [5.74, 6) is -0.262. The third-order valence-electron chi connectivity index (χ3n) is 4.28. The lowest BCUT2D eigenvalue weighted by atomic mass is 10.1. The van der Waals surface area contributed by atoms with Gasteiger partial charge in [0.15, 0.2) is 0 Å². The van der Waals surface area contributed by atoms with Crippen molar-refractivity contribution in [3.63, 3.8) is 0 Å². The van der Waals surface area contributed by atoms with E-state index in [-0.39, 0.29) is 19.0 Å². The van der Waals surface area contributed by atoms with Crippen molar-refractivity contribution < 1.29 is 9.53 Å². The van der Waals surface area contributed by atoms with Gasteiger partial charge in [-0.05, 0) is 18.2 Å². The van der Waals surface area contributed by atoms with Gasteiger partial charge in [0.2, 0.25) is 0 Å². The van der Waals surface area contributed by atoms with Crippen LogP contribution in [0.25, 0.3) is 21.5 Å². The van der Waals surface area contributed by atoms with Gasteiger partial charge in [0.25, 0.3) is 0 Å². The lowest BCUT2D eigenvalue weighted by Crippen LogP contribution is -2.06. The van der Waals surface area contributed by atoms with Crippen LogP contribution in [0.1, 0.15) is 17.8 Å². The molecule has 0 N–H and O–H groups in total. The Bertz CT molecular complexity index is 1130. The van der Waals surface area contributed by atoms with E-state index in [9.17, 15) is 4.79 Å². The molecular weight excluding hydrogens is 392 g/mol. The number of benzene rings is 2. The third kappa shape index (κ3) is 4.38. The van der Waals surface area contributed by atoms with E-state index in [2.05, 4.69) is 9.97 Å². The first-order valence-corrected chi connectivity index (χ1v) is 10.1. The Morgan fingerprint density at radius 3 is 2.68 bits per heavy atom. The van der Waals surface area contributed by atoms with Crippen LogP contribution in [0.15, 0.2) is 66.0 Å². The molecule has 2 aromatic heterocycles. The second-order valence-electron chi connectivity index (χ2n) is 6.28. The fraction of sp³-hybridized carbons (Fsp3) is 0.136. The molecule has 0 atom stereocenters. The number of hydrogen-bond donors (Lipinski definition) is 0. The van der Waals surface area contributed by atoms with Crippen molar-refractivity contribution in [2.24, 2.45) is 0 Å². The second-order valence-corrected chi connectivity index (χ2v) is 7.55. The standard InChI is InChI=1S/C22H17ClN2O2S/c23-19-7-3-2-6-18(19)22-25-17(14-28-22)13-27-21(26)12-11-16-10-9-15-5-1-4-8-20(15)24-16/h1-10,14H,11-13H2. The molecule has 0 spiro atoms. The zero-order chi connectivity index (χ0) is 19.3. The number of aromatic nitrogens is 2. The molecule has 0 unspecified atom stereocenters. The van der Waals surface area contributed by atoms with Gasteiger partial charge in [-0.2, -0.15) is 0 Å². The fourth-order valence-electron chi connectivity index (χ4n) is 2.84. The summed E-state index contributed by atoms with van der Waals surface area (Å²) in [4.78, 5) is 21.2. The number of rotatable bonds is 6. The predicted molar refractivity (Wildman–Crippen MR) is 112 cm³/mol. The number of carbonyl (C=O) groups is 1. The zero-order valence-corrected chi connectivity index (χ0v) is 16.5. The van der Waals surface area contributed by atoms with Crippen LogP contribution in [-0.2, 0) is 22.6 Å². The van der Waals surface area contributed by atoms with Crippen molar-refractivity contribution >= 4 is 39.8 Å². The molecule has 4 rings (SSSR count). The molecule has 0 fully saturated rings. The quantitative estimate of drug-likeness (QED) is 0.385. The van der Waals surface area contributed by atoms with Crippen LogP contribution in [0.4, 0.5) is 0 Å². The minimum atomic E-state index is -0.262. The van der Waals surface area contributed by atoms with E-state index in [1.165, 1.54) is 11.3 Å². The largest absolute Gasteiger partial charge is 0.459 e. The number of pyridine rings is 1. The lowest BCUT2D eigenvalue weighted by Gasteiger charge is -2.04. The number of hydrogen-bond acceptors (Lipinski definition) is 5. The van der Waals surface area contributed by atoms with Gasteiger partial charge in [0.05, 0.1) is 22.7 Å². The first-order valence-electron chi connectivity index (χ1n) is 8.88. The van der Waals surface area contributed by atoms with Crippen LogP contribution < -0.4 is 0 Å². The van der Waals surface area contributed by atoms with E-state index in [0.717, 1.165) is 32.9 Å². The lowest BCUT2D eigenvalue weighted by molar-refractivity contribution is -0.145. The molecule has 0 amide bonds. The number of fused-ring (bicyclic) bond motifs is 1. The van der Waals surface area contributed by atoms with Crippen LogP contribution in [0.3, 0.4) is 0 Å². The molecule has 0 saturated carbocycles. The molecule has 6 heteroatoms. The van der Waals surface area contributed by atoms with E-state index in [4.69, 9.17) is 16.3 Å². The van der Waals surface area contributed by atoms with E-state index in [1.807, 2.05) is 66.0 Å². The number of esters is 1. The maximum atomic E-state index is 12.1. The van der Waals surface area contributed by atoms with Gasteiger partial charge in [-0.3, -0.25) is 9.78 Å². The van der Waals surface area contributed by atoms with E-state index >= 15 is 0 Å². The first kappa shape index (κ1) is 18.6. The van der Waals surface area contributed by atoms with Crippen LogP contribution in [-0.4, -0.2) is 15.9 Å². The average Bonchev–Trinajstić information content (AvgIpc) is 3.19. The second kappa shape index (κ2) is 8.50. The number of nitrogens with zero attached hydrogens (tertiary/aromatic N) is 2. The summed E-state index contributed by atoms with van der Waals surface area (Å²) in [5.41, 5.74) is 3.42. The van der Waals surface area contributed by atoms with Crippen LogP contribution >= 0.6 is 22.9 Å². The Balaban J connectivity index is 1.31. The molecule has 2 aromatic carbocycles. The normalized spacial score (nSPS) is 10.9. The van der Waals surface area contributed by atoms with Gasteiger partial charge >= 0.3 is 5.97 Å². The Morgan fingerprint density at radius 2 is 1.79 bits per heavy atom. The number of thiazole rings is 1. The van der Waals surface area contributed by atoms with Gasteiger partial charge < -0.3 is 4.74 Å². The molecule has 140 valence electrons. The van der Waals surface area contributed by atoms with Crippen molar-refractivity contribution in [2.45, 2.75) is 19.4 Å². The van der Waals surface area contributed by atoms with Gasteiger partial charge in [-0.15, -0.1) is 11.3 Å². The maximum Gasteiger partial charge on any atom is 0.306 e. The SMILES string of the molecule is O=C(CCc1ccc2ccccc2n1)OCc1csc(-c2ccccc2Cl)n1. The minimum absolute atomic E-state index is 0.158. The molecule has 0 saturated heterocycles. The Morgan fingerprint density at radius 1 is 0.964 bits per heavy atom. The Kier molecular flexibility index (Phi) is 5.65. The summed E-state index contributed by atoms with van der Waals surface area (Å²) in [6, 6.07) is 19.5. The van der Waals surface area contributed by atoms with Gasteiger partial charge in [0, 0.05) is 28.4 Å². The highest BCUT2D eigenvalue weighted by atomic mass is 35.5. The zero-order valence-electron chi connectivity index (χ0n) is 15.0. The van der Waals surface area contributed by atoms with E-state index in [1.54, 1.807) is 0 Å². The van der Waals surface area contributed by atoms with E-state index < -0.39 is 0 Å². The molecule has 0 aliphatic heterocycles. The summed E-state index contributed by atoms with van der Waals surface area (Å²) in [6.07, 6.45) is 0.832. The van der Waals surface area contributed by atoms with E-state index in [0.29, 0.717) is 11.4 Å². The summed E-state index contributed by atoms with van der Waals surface area (Å²) in [7, 11) is 0. The number of ether oxygens (including phenoxy) is 1. The predicted octanol–water partition coefficient (Wildman–Crippen LogP) is 5.69. The Labute approximate surface area is 171 Å². The number of para-hydroxylation sites is 1. The first-order chi connectivity index (χ1) is 13.7. The van der Waals surface area contributed by atoms with Crippen LogP contribution in [0.2, 0.25) is 5.02 Å². The summed E-state index contributed by atoms with van der Waals surface area (Å²) in [5, 5.41) is 4.45. The van der Waals surface area contributed by atoms with Crippen LogP contribution in [0.5, 0.6) is 0 Å². The van der Waals surface area contributed by atoms with Crippen molar-refractivity contribution in [3.05, 3.63) is 82.5 Å². The third-order valence-corrected chi connectivity index (χ3v) is 5.53.